The Kier molecular flexibility index (Phi) is 4.16. The van der Waals surface area contributed by atoms with E-state index in [1.54, 1.807) is 0 Å². The summed E-state index contributed by atoms with van der Waals surface area (Å²) in [5, 5.41) is 15.0. The van der Waals surface area contributed by atoms with Gasteiger partial charge in [-0.05, 0) is 0 Å². The van der Waals surface area contributed by atoms with E-state index in [0.717, 1.165) is 0 Å². The van der Waals surface area contributed by atoms with Crippen molar-refractivity contribution < 1.29 is 5.84 Å². The van der Waals surface area contributed by atoms with Gasteiger partial charge in [-0.25, -0.2) is 10.4 Å². The van der Waals surface area contributed by atoms with Gasteiger partial charge >= 0.3 is 0 Å². The van der Waals surface area contributed by atoms with Gasteiger partial charge in [0, 0.05) is 0 Å². The highest BCUT2D eigenvalue weighted by Crippen LogP contribution is 1.28. The second-order valence-corrected chi connectivity index (χ2v) is 0.447. The van der Waals surface area contributed by atoms with E-state index in [1.165, 1.54) is 0 Å². The van der Waals surface area contributed by atoms with Crippen LogP contribution in [-0.2, 0) is 0 Å². The highest BCUT2D eigenvalue weighted by molar-refractivity contribution is 3.82. The SMILES string of the molecule is N[NH3+].n1nn[n-]n1. The first-order valence-electron chi connectivity index (χ1n) is 1.41. The fourth-order valence-corrected chi connectivity index (χ4v) is 0.0894. The van der Waals surface area contributed by atoms with Gasteiger partial charge in [0.05, 0.1) is 0 Å². The summed E-state index contributed by atoms with van der Waals surface area (Å²) >= 11 is 0. The lowest BCUT2D eigenvalue weighted by molar-refractivity contribution is -0.379. The molecule has 40 valence electrons. The summed E-state index contributed by atoms with van der Waals surface area (Å²) in [5.74, 6) is 7.00. The highest BCUT2D eigenvalue weighted by Gasteiger charge is 1.44. The van der Waals surface area contributed by atoms with E-state index < -0.39 is 0 Å². The Labute approximate surface area is 39.0 Å². The molecule has 5 N–H and O–H groups in total. The molecule has 0 spiro atoms. The molecule has 0 saturated heterocycles. The molecule has 1 heterocycles. The van der Waals surface area contributed by atoms with Crippen molar-refractivity contribution in [1.29, 1.82) is 0 Å². The van der Waals surface area contributed by atoms with Crippen LogP contribution in [0.25, 0.3) is 0 Å². The van der Waals surface area contributed by atoms with Gasteiger partial charge in [0.15, 0.2) is 0 Å². The minimum atomic E-state index is 2.75. The molecule has 0 aromatic carbocycles. The van der Waals surface area contributed by atoms with Gasteiger partial charge in [0.25, 0.3) is 0 Å². The number of nitrogens with zero attached hydrogens (tertiary/aromatic N) is 5. The van der Waals surface area contributed by atoms with Crippen LogP contribution >= 0.6 is 0 Å². The zero-order valence-corrected chi connectivity index (χ0v) is 3.52. The summed E-state index contributed by atoms with van der Waals surface area (Å²) in [6.45, 7) is 0. The number of hydrogen-bond donors (Lipinski definition) is 2. The summed E-state index contributed by atoms with van der Waals surface area (Å²) in [6, 6.07) is 0. The molecule has 0 aliphatic heterocycles. The third kappa shape index (κ3) is 2.73. The van der Waals surface area contributed by atoms with E-state index in [9.17, 15) is 0 Å². The van der Waals surface area contributed by atoms with E-state index in [2.05, 4.69) is 37.8 Å². The summed E-state index contributed by atoms with van der Waals surface area (Å²) in [4.78, 5) is 0. The Balaban J connectivity index is 0.000000162. The van der Waals surface area contributed by atoms with Crippen LogP contribution in [0.5, 0.6) is 0 Å². The van der Waals surface area contributed by atoms with Crippen molar-refractivity contribution in [3.8, 4) is 0 Å². The standard InChI is InChI=1S/N5.H4N2/c1-2-4-5-3-1;1-2/h;1-2H2/q-1;/p+1. The van der Waals surface area contributed by atoms with Crippen molar-refractivity contribution >= 4 is 0 Å². The van der Waals surface area contributed by atoms with Crippen LogP contribution in [0.15, 0.2) is 0 Å². The summed E-state index contributed by atoms with van der Waals surface area (Å²) in [6.07, 6.45) is 0. The lowest BCUT2D eigenvalue weighted by Crippen LogP contribution is -2.59. The Bertz CT molecular complexity index is 56.5. The Hall–Kier alpha value is -1.08. The first-order valence-corrected chi connectivity index (χ1v) is 1.41. The Morgan fingerprint density at radius 3 is 1.71 bits per heavy atom. The quantitative estimate of drug-likeness (QED) is 0.258. The third-order valence-electron chi connectivity index (χ3n) is 0.200. The molecule has 0 aliphatic rings. The largest absolute Gasteiger partial charge is 0.283 e. The van der Waals surface area contributed by atoms with Gasteiger partial charge in [-0.15, -0.1) is 0 Å². The van der Waals surface area contributed by atoms with E-state index in [4.69, 9.17) is 0 Å². The molecule has 1 aromatic heterocycles. The molecule has 1 aromatic rings. The molecular weight excluding hydrogens is 98.0 g/mol. The lowest BCUT2D eigenvalue weighted by atomic mass is 12.7. The molecule has 0 bridgehead atoms. The molecular formula is H5N7. The number of hydrogen-bond acceptors (Lipinski definition) is 5. The lowest BCUT2D eigenvalue weighted by Gasteiger charge is -1.54. The maximum absolute atomic E-state index is 4.25. The minimum absolute atomic E-state index is 2.75. The molecule has 0 radical (unpaired) electrons. The molecule has 7 heavy (non-hydrogen) atoms. The third-order valence-corrected chi connectivity index (χ3v) is 0.200. The number of quaternary nitrogens is 1. The second kappa shape index (κ2) is 4.92. The predicted octanol–water partition coefficient (Wildman–Crippen LogP) is -3.67. The van der Waals surface area contributed by atoms with Crippen LogP contribution in [0.2, 0.25) is 0 Å². The van der Waals surface area contributed by atoms with Crippen LogP contribution in [0.3, 0.4) is 0 Å². The van der Waals surface area contributed by atoms with Crippen LogP contribution in [0.1, 0.15) is 0 Å². The van der Waals surface area contributed by atoms with Crippen molar-refractivity contribution in [1.82, 2.24) is 26.1 Å². The van der Waals surface area contributed by atoms with Crippen LogP contribution in [0.4, 0.5) is 0 Å². The van der Waals surface area contributed by atoms with Crippen LogP contribution in [0, 0.1) is 0 Å². The highest BCUT2D eigenvalue weighted by atomic mass is 15.6. The number of rotatable bonds is 0. The number of aromatic nitrogens is 5. The van der Waals surface area contributed by atoms with Crippen molar-refractivity contribution in [3.63, 3.8) is 0 Å². The summed E-state index contributed by atoms with van der Waals surface area (Å²) in [5.41, 5.74) is 0. The van der Waals surface area contributed by atoms with Crippen LogP contribution < -0.4 is 16.9 Å². The monoisotopic (exact) mass is 103 g/mol. The smallest absolute Gasteiger partial charge is 0.173 e. The van der Waals surface area contributed by atoms with Gasteiger partial charge in [-0.3, -0.25) is 5.84 Å². The Morgan fingerprint density at radius 2 is 1.57 bits per heavy atom. The molecule has 1 rings (SSSR count). The van der Waals surface area contributed by atoms with E-state index >= 15 is 0 Å². The molecule has 0 saturated carbocycles. The van der Waals surface area contributed by atoms with Gasteiger partial charge < -0.3 is 0 Å². The molecule has 7 heteroatoms. The molecule has 7 nitrogen and oxygen atoms in total. The Morgan fingerprint density at radius 1 is 1.14 bits per heavy atom. The van der Waals surface area contributed by atoms with Crippen LogP contribution in [-0.4, -0.2) is 20.9 Å². The maximum atomic E-state index is 4.25. The second-order valence-electron chi connectivity index (χ2n) is 0.447. The topological polar surface area (TPSA) is 119 Å². The summed E-state index contributed by atoms with van der Waals surface area (Å²) < 4.78 is 0. The van der Waals surface area contributed by atoms with Crippen molar-refractivity contribution in [3.05, 3.63) is 0 Å². The molecule has 0 fully saturated rings. The number of nitrogens with two attached hydrogens (primary N) is 1. The van der Waals surface area contributed by atoms with Crippen molar-refractivity contribution in [2.45, 2.75) is 0 Å². The first-order chi connectivity index (χ1) is 3.50. The zero-order chi connectivity index (χ0) is 5.54. The predicted molar refractivity (Wildman–Crippen MR) is 18.0 cm³/mol. The average molecular weight is 103 g/mol. The maximum Gasteiger partial charge on any atom is -0.173 e. The van der Waals surface area contributed by atoms with Gasteiger partial charge in [-0.1, -0.05) is 0 Å². The van der Waals surface area contributed by atoms with Crippen molar-refractivity contribution in [2.24, 2.45) is 5.84 Å². The van der Waals surface area contributed by atoms with Crippen molar-refractivity contribution in [2.75, 3.05) is 0 Å². The average Bonchev–Trinajstić information content (AvgIpc) is 2.23. The molecule has 0 unspecified atom stereocenters. The van der Waals surface area contributed by atoms with Gasteiger partial charge in [-0.2, -0.15) is 21.5 Å². The fraction of sp³-hybridized carbons (Fsp3) is 0. The van der Waals surface area contributed by atoms with Gasteiger partial charge in [0.2, 0.25) is 0 Å². The molecule has 0 amide bonds. The van der Waals surface area contributed by atoms with E-state index in [1.807, 2.05) is 0 Å². The molecule has 0 atom stereocenters. The summed E-state index contributed by atoms with van der Waals surface area (Å²) in [7, 11) is 0. The molecule has 0 aliphatic carbocycles. The normalized spacial score (nSPS) is 6.57. The first kappa shape index (κ1) is 5.92. The van der Waals surface area contributed by atoms with E-state index in [-0.39, 0.29) is 0 Å². The fourth-order valence-electron chi connectivity index (χ4n) is 0.0894. The zero-order valence-electron chi connectivity index (χ0n) is 3.52. The van der Waals surface area contributed by atoms with E-state index in [0.29, 0.717) is 0 Å². The minimum Gasteiger partial charge on any atom is -0.283 e. The van der Waals surface area contributed by atoms with Gasteiger partial charge in [0.1, 0.15) is 0 Å².